The Kier molecular flexibility index (Phi) is 6.69. The number of primary amides is 1. The number of hydrogen-bond donors (Lipinski definition) is 5. The maximum absolute atomic E-state index is 12.9. The summed E-state index contributed by atoms with van der Waals surface area (Å²) in [7, 11) is 0. The van der Waals surface area contributed by atoms with Crippen molar-refractivity contribution in [2.75, 3.05) is 0 Å². The van der Waals surface area contributed by atoms with Gasteiger partial charge in [-0.15, -0.1) is 0 Å². The molecule has 0 fully saturated rings. The fourth-order valence-electron chi connectivity index (χ4n) is 3.87. The Morgan fingerprint density at radius 3 is 2.64 bits per heavy atom. The number of aromatic nitrogens is 1. The molecule has 9 heteroatoms. The van der Waals surface area contributed by atoms with Crippen LogP contribution in [0.2, 0.25) is 5.02 Å². The number of ether oxygens (including phenoxy) is 1. The zero-order valence-corrected chi connectivity index (χ0v) is 18.3. The molecule has 0 radical (unpaired) electrons. The number of halogens is 1. The maximum atomic E-state index is 12.9. The molecule has 1 aliphatic carbocycles. The quantitative estimate of drug-likeness (QED) is 0.359. The van der Waals surface area contributed by atoms with Crippen molar-refractivity contribution in [2.24, 2.45) is 5.73 Å². The van der Waals surface area contributed by atoms with Crippen LogP contribution >= 0.6 is 11.6 Å². The minimum atomic E-state index is -1.23. The summed E-state index contributed by atoms with van der Waals surface area (Å²) in [5, 5.41) is 24.7. The Bertz CT molecular complexity index is 1190. The molecule has 0 bridgehead atoms. The van der Waals surface area contributed by atoms with E-state index < -0.39 is 36.2 Å². The fourth-order valence-corrected chi connectivity index (χ4v) is 3.99. The van der Waals surface area contributed by atoms with Gasteiger partial charge in [0.05, 0.1) is 6.10 Å². The van der Waals surface area contributed by atoms with E-state index in [4.69, 9.17) is 22.1 Å². The molecule has 0 saturated heterocycles. The lowest BCUT2D eigenvalue weighted by Crippen LogP contribution is -2.49. The van der Waals surface area contributed by atoms with Crippen LogP contribution in [-0.2, 0) is 16.0 Å². The molecule has 3 aromatic rings. The first-order chi connectivity index (χ1) is 15.8. The topological polar surface area (TPSA) is 138 Å². The average Bonchev–Trinajstić information content (AvgIpc) is 3.20. The number of H-pyrrole nitrogens is 1. The van der Waals surface area contributed by atoms with E-state index in [2.05, 4.69) is 10.3 Å². The summed E-state index contributed by atoms with van der Waals surface area (Å²) in [4.78, 5) is 28.2. The van der Waals surface area contributed by atoms with E-state index >= 15 is 0 Å². The number of nitrogens with one attached hydrogen (secondary N) is 2. The number of amides is 2. The average molecular weight is 470 g/mol. The number of hydrogen-bond acceptors (Lipinski definition) is 5. The van der Waals surface area contributed by atoms with Gasteiger partial charge < -0.3 is 31.0 Å². The second-order valence-corrected chi connectivity index (χ2v) is 8.42. The van der Waals surface area contributed by atoms with Gasteiger partial charge in [-0.05, 0) is 42.0 Å². The first-order valence-electron chi connectivity index (χ1n) is 10.5. The number of nitrogens with two attached hydrogens (primary N) is 1. The number of aliphatic hydroxyl groups excluding tert-OH is 2. The van der Waals surface area contributed by atoms with Gasteiger partial charge in [0, 0.05) is 40.5 Å². The predicted octanol–water partition coefficient (Wildman–Crippen LogP) is 1.83. The van der Waals surface area contributed by atoms with E-state index in [1.54, 1.807) is 30.5 Å². The number of para-hydroxylation sites is 1. The summed E-state index contributed by atoms with van der Waals surface area (Å²) in [6.45, 7) is 0. The Morgan fingerprint density at radius 2 is 1.91 bits per heavy atom. The van der Waals surface area contributed by atoms with Crippen molar-refractivity contribution >= 4 is 34.3 Å². The molecular weight excluding hydrogens is 446 g/mol. The molecule has 1 heterocycles. The van der Waals surface area contributed by atoms with Crippen molar-refractivity contribution in [3.8, 4) is 5.75 Å². The van der Waals surface area contributed by atoms with Crippen molar-refractivity contribution in [1.29, 1.82) is 0 Å². The summed E-state index contributed by atoms with van der Waals surface area (Å²) < 4.78 is 5.74. The standard InChI is InChI=1S/C24H24ClN3O5/c25-15-5-7-16(8-6-15)33-21-11-13(10-20(29)22(21)30)24(32)28-19(23(26)31)9-14-12-27-18-4-2-1-3-17(14)18/h1-8,11-12,19-22,27,29-30H,9-10H2,(H2,26,31)(H,28,32). The molecule has 33 heavy (non-hydrogen) atoms. The minimum absolute atomic E-state index is 0.0912. The number of fused-ring (bicyclic) bond motifs is 1. The number of carbonyl (C=O) groups is 2. The molecular formula is C24H24ClN3O5. The molecule has 4 unspecified atom stereocenters. The van der Waals surface area contributed by atoms with E-state index in [9.17, 15) is 19.8 Å². The lowest BCUT2D eigenvalue weighted by atomic mass is 9.91. The molecule has 4 rings (SSSR count). The highest BCUT2D eigenvalue weighted by Crippen LogP contribution is 2.25. The summed E-state index contributed by atoms with van der Waals surface area (Å²) in [5.41, 5.74) is 7.50. The van der Waals surface area contributed by atoms with Crippen LogP contribution in [0.5, 0.6) is 5.75 Å². The van der Waals surface area contributed by atoms with Crippen LogP contribution in [0.1, 0.15) is 12.0 Å². The summed E-state index contributed by atoms with van der Waals surface area (Å²) >= 11 is 5.88. The molecule has 6 N–H and O–H groups in total. The molecule has 2 amide bonds. The first kappa shape index (κ1) is 22.8. The van der Waals surface area contributed by atoms with Crippen LogP contribution in [0.15, 0.2) is 66.4 Å². The first-order valence-corrected chi connectivity index (χ1v) is 10.8. The molecule has 0 spiro atoms. The Hall–Kier alpha value is -3.33. The van der Waals surface area contributed by atoms with Crippen LogP contribution in [0.3, 0.4) is 0 Å². The monoisotopic (exact) mass is 469 g/mol. The second kappa shape index (κ2) is 9.66. The highest BCUT2D eigenvalue weighted by atomic mass is 35.5. The van der Waals surface area contributed by atoms with E-state index in [0.717, 1.165) is 16.5 Å². The van der Waals surface area contributed by atoms with Gasteiger partial charge in [-0.1, -0.05) is 29.8 Å². The number of aromatic amines is 1. The fraction of sp³-hybridized carbons (Fsp3) is 0.250. The van der Waals surface area contributed by atoms with Crippen LogP contribution < -0.4 is 15.8 Å². The lowest BCUT2D eigenvalue weighted by Gasteiger charge is -2.31. The van der Waals surface area contributed by atoms with Gasteiger partial charge in [-0.25, -0.2) is 0 Å². The highest BCUT2D eigenvalue weighted by molar-refractivity contribution is 6.30. The van der Waals surface area contributed by atoms with Crippen molar-refractivity contribution in [2.45, 2.75) is 37.2 Å². The van der Waals surface area contributed by atoms with Gasteiger partial charge in [0.1, 0.15) is 24.0 Å². The molecule has 1 aromatic heterocycles. The Balaban J connectivity index is 1.50. The van der Waals surface area contributed by atoms with E-state index in [0.29, 0.717) is 10.8 Å². The van der Waals surface area contributed by atoms with Crippen LogP contribution in [0.25, 0.3) is 10.9 Å². The normalized spacial score (nSPS) is 21.3. The zero-order valence-electron chi connectivity index (χ0n) is 17.6. The highest BCUT2D eigenvalue weighted by Gasteiger charge is 2.35. The maximum Gasteiger partial charge on any atom is 0.247 e. The van der Waals surface area contributed by atoms with Crippen molar-refractivity contribution in [3.05, 3.63) is 77.0 Å². The van der Waals surface area contributed by atoms with Crippen LogP contribution in [0.4, 0.5) is 0 Å². The van der Waals surface area contributed by atoms with Crippen molar-refractivity contribution < 1.29 is 24.5 Å². The molecule has 172 valence electrons. The zero-order chi connectivity index (χ0) is 23.5. The van der Waals surface area contributed by atoms with Gasteiger partial charge in [0.15, 0.2) is 0 Å². The van der Waals surface area contributed by atoms with Gasteiger partial charge >= 0.3 is 0 Å². The van der Waals surface area contributed by atoms with Gasteiger partial charge in [0.25, 0.3) is 0 Å². The van der Waals surface area contributed by atoms with Gasteiger partial charge in [-0.3, -0.25) is 9.59 Å². The van der Waals surface area contributed by atoms with E-state index in [1.807, 2.05) is 24.3 Å². The molecule has 8 nitrogen and oxygen atoms in total. The molecule has 1 aliphatic rings. The molecule has 0 saturated carbocycles. The third-order valence-corrected chi connectivity index (χ3v) is 5.90. The second-order valence-electron chi connectivity index (χ2n) is 7.98. The SMILES string of the molecule is NC(=O)C(Cc1c[nH]c2ccccc12)NC(=O)C1=CC(Oc2ccc(Cl)cc2)C(O)C(O)C1. The summed E-state index contributed by atoms with van der Waals surface area (Å²) in [5.74, 6) is -0.822. The van der Waals surface area contributed by atoms with Gasteiger partial charge in [0.2, 0.25) is 11.8 Å². The van der Waals surface area contributed by atoms with Crippen LogP contribution in [-0.4, -0.2) is 51.4 Å². The van der Waals surface area contributed by atoms with Crippen LogP contribution in [0, 0.1) is 0 Å². The largest absolute Gasteiger partial charge is 0.484 e. The van der Waals surface area contributed by atoms with Crippen molar-refractivity contribution in [3.63, 3.8) is 0 Å². The predicted molar refractivity (Wildman–Crippen MR) is 124 cm³/mol. The molecule has 2 aromatic carbocycles. The van der Waals surface area contributed by atoms with E-state index in [-0.39, 0.29) is 18.4 Å². The molecule has 0 aliphatic heterocycles. The summed E-state index contributed by atoms with van der Waals surface area (Å²) in [6, 6.07) is 13.1. The molecule has 4 atom stereocenters. The number of aliphatic hydroxyl groups is 2. The Morgan fingerprint density at radius 1 is 1.18 bits per heavy atom. The smallest absolute Gasteiger partial charge is 0.247 e. The van der Waals surface area contributed by atoms with Gasteiger partial charge in [-0.2, -0.15) is 0 Å². The third kappa shape index (κ3) is 5.19. The number of benzene rings is 2. The number of carbonyl (C=O) groups excluding carboxylic acids is 2. The number of rotatable bonds is 7. The van der Waals surface area contributed by atoms with Crippen molar-refractivity contribution in [1.82, 2.24) is 10.3 Å². The minimum Gasteiger partial charge on any atom is -0.484 e. The summed E-state index contributed by atoms with van der Waals surface area (Å²) in [6.07, 6.45) is -0.0610. The van der Waals surface area contributed by atoms with E-state index in [1.165, 1.54) is 6.08 Å². The third-order valence-electron chi connectivity index (χ3n) is 5.65. The Labute approximate surface area is 195 Å². The lowest BCUT2D eigenvalue weighted by molar-refractivity contribution is -0.126.